The number of ether oxygens (including phenoxy) is 1. The molecule has 0 amide bonds. The van der Waals surface area contributed by atoms with E-state index in [0.717, 1.165) is 31.4 Å². The Hall–Kier alpha value is -0.280. The van der Waals surface area contributed by atoms with Gasteiger partial charge in [0.1, 0.15) is 0 Å². The number of benzene rings is 1. The molecule has 0 aliphatic carbocycles. The lowest BCUT2D eigenvalue weighted by molar-refractivity contribution is 0.101. The molecular weight excluding hydrogens is 269 g/mol. The van der Waals surface area contributed by atoms with Gasteiger partial charge in [0.2, 0.25) is 0 Å². The number of halogens is 2. The monoisotopic (exact) mass is 287 g/mol. The van der Waals surface area contributed by atoms with Crippen molar-refractivity contribution in [3.8, 4) is 0 Å². The van der Waals surface area contributed by atoms with Crippen molar-refractivity contribution in [2.45, 2.75) is 44.2 Å². The molecule has 2 atom stereocenters. The molecular formula is C14H19Cl2NO. The fourth-order valence-corrected chi connectivity index (χ4v) is 2.66. The molecule has 4 heteroatoms. The lowest BCUT2D eigenvalue weighted by Gasteiger charge is -2.15. The third kappa shape index (κ3) is 4.13. The van der Waals surface area contributed by atoms with Crippen LogP contribution in [0.15, 0.2) is 18.2 Å². The maximum absolute atomic E-state index is 6.14. The van der Waals surface area contributed by atoms with E-state index in [1.807, 2.05) is 18.2 Å². The van der Waals surface area contributed by atoms with E-state index in [9.17, 15) is 0 Å². The standard InChI is InChI=1S/C14H19Cl2NO/c15-13-6-3-10(9-14(13)16)8-11(17)4-5-12-2-1-7-18-12/h3,6,9,11-12H,1-2,4-5,7-8,17H2. The van der Waals surface area contributed by atoms with Crippen molar-refractivity contribution in [2.75, 3.05) is 6.61 Å². The Morgan fingerprint density at radius 1 is 1.33 bits per heavy atom. The zero-order chi connectivity index (χ0) is 13.0. The van der Waals surface area contributed by atoms with E-state index in [-0.39, 0.29) is 6.04 Å². The number of hydrogen-bond donors (Lipinski definition) is 1. The average Bonchev–Trinajstić information content (AvgIpc) is 2.84. The first-order chi connectivity index (χ1) is 8.65. The third-order valence-electron chi connectivity index (χ3n) is 3.37. The van der Waals surface area contributed by atoms with Gasteiger partial charge in [-0.3, -0.25) is 0 Å². The molecule has 0 spiro atoms. The summed E-state index contributed by atoms with van der Waals surface area (Å²) in [6.07, 6.45) is 5.67. The van der Waals surface area contributed by atoms with E-state index >= 15 is 0 Å². The fraction of sp³-hybridized carbons (Fsp3) is 0.571. The number of nitrogens with two attached hydrogens (primary N) is 1. The maximum Gasteiger partial charge on any atom is 0.0595 e. The van der Waals surface area contributed by atoms with Gasteiger partial charge in [0.25, 0.3) is 0 Å². The van der Waals surface area contributed by atoms with Crippen molar-refractivity contribution in [3.63, 3.8) is 0 Å². The Morgan fingerprint density at radius 2 is 2.17 bits per heavy atom. The molecule has 0 aromatic heterocycles. The van der Waals surface area contributed by atoms with Gasteiger partial charge < -0.3 is 10.5 Å². The van der Waals surface area contributed by atoms with Crippen LogP contribution in [-0.2, 0) is 11.2 Å². The molecule has 1 aliphatic rings. The van der Waals surface area contributed by atoms with Crippen LogP contribution in [0.3, 0.4) is 0 Å². The van der Waals surface area contributed by atoms with Crippen LogP contribution in [0.1, 0.15) is 31.2 Å². The molecule has 18 heavy (non-hydrogen) atoms. The lowest BCUT2D eigenvalue weighted by Crippen LogP contribution is -2.24. The summed E-state index contributed by atoms with van der Waals surface area (Å²) in [5, 5.41) is 1.19. The van der Waals surface area contributed by atoms with Gasteiger partial charge in [-0.15, -0.1) is 0 Å². The molecule has 1 fully saturated rings. The summed E-state index contributed by atoms with van der Waals surface area (Å²) in [5.74, 6) is 0. The highest BCUT2D eigenvalue weighted by molar-refractivity contribution is 6.42. The van der Waals surface area contributed by atoms with Gasteiger partial charge in [-0.05, 0) is 49.8 Å². The highest BCUT2D eigenvalue weighted by atomic mass is 35.5. The van der Waals surface area contributed by atoms with Crippen molar-refractivity contribution in [3.05, 3.63) is 33.8 Å². The molecule has 2 rings (SSSR count). The van der Waals surface area contributed by atoms with Crippen LogP contribution in [0.25, 0.3) is 0 Å². The molecule has 1 saturated heterocycles. The highest BCUT2D eigenvalue weighted by Crippen LogP contribution is 2.24. The van der Waals surface area contributed by atoms with Crippen LogP contribution in [0.4, 0.5) is 0 Å². The minimum atomic E-state index is 0.159. The van der Waals surface area contributed by atoms with Crippen LogP contribution >= 0.6 is 23.2 Å². The first kappa shape index (κ1) is 14.1. The number of hydrogen-bond acceptors (Lipinski definition) is 2. The van der Waals surface area contributed by atoms with E-state index in [0.29, 0.717) is 16.1 Å². The molecule has 100 valence electrons. The first-order valence-electron chi connectivity index (χ1n) is 6.46. The summed E-state index contributed by atoms with van der Waals surface area (Å²) in [6, 6.07) is 5.87. The van der Waals surface area contributed by atoms with E-state index in [1.165, 1.54) is 12.8 Å². The van der Waals surface area contributed by atoms with Crippen LogP contribution in [0, 0.1) is 0 Å². The van der Waals surface area contributed by atoms with Crippen molar-refractivity contribution >= 4 is 23.2 Å². The van der Waals surface area contributed by atoms with Crippen LogP contribution in [-0.4, -0.2) is 18.8 Å². The second kappa shape index (κ2) is 6.76. The second-order valence-electron chi connectivity index (χ2n) is 4.93. The minimum absolute atomic E-state index is 0.159. The van der Waals surface area contributed by atoms with E-state index in [2.05, 4.69) is 0 Å². The van der Waals surface area contributed by atoms with Crippen LogP contribution in [0.2, 0.25) is 10.0 Å². The molecule has 2 nitrogen and oxygen atoms in total. The van der Waals surface area contributed by atoms with E-state index in [1.54, 1.807) is 0 Å². The SMILES string of the molecule is NC(CCC1CCCO1)Cc1ccc(Cl)c(Cl)c1. The largest absolute Gasteiger partial charge is 0.378 e. The normalized spacial score (nSPS) is 21.2. The highest BCUT2D eigenvalue weighted by Gasteiger charge is 2.16. The summed E-state index contributed by atoms with van der Waals surface area (Å²) in [7, 11) is 0. The second-order valence-corrected chi connectivity index (χ2v) is 5.74. The van der Waals surface area contributed by atoms with Crippen molar-refractivity contribution in [1.29, 1.82) is 0 Å². The molecule has 2 N–H and O–H groups in total. The van der Waals surface area contributed by atoms with Gasteiger partial charge in [-0.1, -0.05) is 29.3 Å². The van der Waals surface area contributed by atoms with Crippen molar-refractivity contribution in [2.24, 2.45) is 5.73 Å². The molecule has 1 aromatic carbocycles. The molecule has 0 bridgehead atoms. The van der Waals surface area contributed by atoms with Crippen molar-refractivity contribution in [1.82, 2.24) is 0 Å². The van der Waals surface area contributed by atoms with Gasteiger partial charge in [-0.2, -0.15) is 0 Å². The predicted molar refractivity (Wildman–Crippen MR) is 76.3 cm³/mol. The first-order valence-corrected chi connectivity index (χ1v) is 7.22. The van der Waals surface area contributed by atoms with Gasteiger partial charge in [-0.25, -0.2) is 0 Å². The molecule has 0 radical (unpaired) electrons. The van der Waals surface area contributed by atoms with Gasteiger partial charge >= 0.3 is 0 Å². The third-order valence-corrected chi connectivity index (χ3v) is 4.10. The average molecular weight is 288 g/mol. The maximum atomic E-state index is 6.14. The quantitative estimate of drug-likeness (QED) is 0.894. The topological polar surface area (TPSA) is 35.2 Å². The zero-order valence-electron chi connectivity index (χ0n) is 10.4. The molecule has 1 heterocycles. The van der Waals surface area contributed by atoms with E-state index < -0.39 is 0 Å². The molecule has 1 aromatic rings. The smallest absolute Gasteiger partial charge is 0.0595 e. The summed E-state index contributed by atoms with van der Waals surface area (Å²) < 4.78 is 5.59. The van der Waals surface area contributed by atoms with Crippen LogP contribution < -0.4 is 5.73 Å². The Balaban J connectivity index is 1.78. The lowest BCUT2D eigenvalue weighted by atomic mass is 10.00. The van der Waals surface area contributed by atoms with E-state index in [4.69, 9.17) is 33.7 Å². The molecule has 2 unspecified atom stereocenters. The van der Waals surface area contributed by atoms with Gasteiger partial charge in [0, 0.05) is 12.6 Å². The fourth-order valence-electron chi connectivity index (χ4n) is 2.34. The molecule has 0 saturated carbocycles. The summed E-state index contributed by atoms with van der Waals surface area (Å²) in [5.41, 5.74) is 7.28. The van der Waals surface area contributed by atoms with Crippen molar-refractivity contribution < 1.29 is 4.74 Å². The predicted octanol–water partition coefficient (Wildman–Crippen LogP) is 3.82. The zero-order valence-corrected chi connectivity index (χ0v) is 11.9. The van der Waals surface area contributed by atoms with Gasteiger partial charge in [0.05, 0.1) is 16.1 Å². The Kier molecular flexibility index (Phi) is 5.31. The van der Waals surface area contributed by atoms with Crippen LogP contribution in [0.5, 0.6) is 0 Å². The minimum Gasteiger partial charge on any atom is -0.378 e. The molecule has 1 aliphatic heterocycles. The van der Waals surface area contributed by atoms with Gasteiger partial charge in [0.15, 0.2) is 0 Å². The Labute approximate surface area is 118 Å². The Bertz CT molecular complexity index is 391. The summed E-state index contributed by atoms with van der Waals surface area (Å²) in [6.45, 7) is 0.909. The summed E-state index contributed by atoms with van der Waals surface area (Å²) in [4.78, 5) is 0. The number of rotatable bonds is 5. The Morgan fingerprint density at radius 3 is 2.83 bits per heavy atom. The summed E-state index contributed by atoms with van der Waals surface area (Å²) >= 11 is 11.9.